The molecule has 59 heavy (non-hydrogen) atoms. The van der Waals surface area contributed by atoms with Crippen molar-refractivity contribution in [2.75, 3.05) is 82.4 Å². The van der Waals surface area contributed by atoms with Gasteiger partial charge in [-0.15, -0.1) is 0 Å². The number of hydrogen-bond donors (Lipinski definition) is 1. The number of aliphatic hydroxyl groups is 1. The summed E-state index contributed by atoms with van der Waals surface area (Å²) in [4.78, 5) is 52.7. The van der Waals surface area contributed by atoms with Gasteiger partial charge in [0.1, 0.15) is 6.04 Å². The fourth-order valence-corrected chi connectivity index (χ4v) is 7.58. The van der Waals surface area contributed by atoms with E-state index in [1.807, 2.05) is 88.5 Å². The Morgan fingerprint density at radius 3 is 1.95 bits per heavy atom. The van der Waals surface area contributed by atoms with E-state index in [-0.39, 0.29) is 31.4 Å². The molecule has 0 spiro atoms. The van der Waals surface area contributed by atoms with Crippen molar-refractivity contribution in [3.8, 4) is 0 Å². The molecular formula is C46H53F3N6O4. The number of piperazine rings is 2. The number of alkyl halides is 3. The van der Waals surface area contributed by atoms with Crippen LogP contribution in [0.1, 0.15) is 34.7 Å². The number of likely N-dealkylation sites (N-methyl/N-ethyl adjacent to an activating group) is 1. The molecule has 1 atom stereocenters. The van der Waals surface area contributed by atoms with E-state index in [0.29, 0.717) is 64.5 Å². The van der Waals surface area contributed by atoms with Gasteiger partial charge in [0.05, 0.1) is 12.2 Å². The predicted molar refractivity (Wildman–Crippen MR) is 225 cm³/mol. The second kappa shape index (κ2) is 19.9. The number of halogens is 3. The van der Waals surface area contributed by atoms with E-state index in [2.05, 4.69) is 21.9 Å². The lowest BCUT2D eigenvalue weighted by Gasteiger charge is -2.39. The van der Waals surface area contributed by atoms with E-state index >= 15 is 0 Å². The van der Waals surface area contributed by atoms with Gasteiger partial charge < -0.3 is 29.6 Å². The van der Waals surface area contributed by atoms with Crippen LogP contribution in [0.5, 0.6) is 0 Å². The average Bonchev–Trinajstić information content (AvgIpc) is 3.25. The van der Waals surface area contributed by atoms with Crippen molar-refractivity contribution in [3.05, 3.63) is 137 Å². The number of aliphatic hydroxyl groups excluding tert-OH is 1. The minimum Gasteiger partial charge on any atom is -0.395 e. The van der Waals surface area contributed by atoms with Crippen molar-refractivity contribution in [1.29, 1.82) is 0 Å². The first-order valence-corrected chi connectivity index (χ1v) is 20.1. The molecule has 0 saturated carbocycles. The maximum Gasteiger partial charge on any atom is 0.416 e. The Labute approximate surface area is 344 Å². The zero-order chi connectivity index (χ0) is 41.9. The SMILES string of the molecule is CC(=O)N1CCN(c2ccc(CN(C(=O)C=Cc3ccc(C(F)(F)F)cc3)C(Cc3ccccc3)C(=O)N3CCN(Cc4ccc(N(C)CCO)cc4)CC3)cc2)CC1. The quantitative estimate of drug-likeness (QED) is 0.161. The Kier molecular flexibility index (Phi) is 14.5. The Morgan fingerprint density at radius 2 is 1.36 bits per heavy atom. The topological polar surface area (TPSA) is 90.9 Å². The van der Waals surface area contributed by atoms with Gasteiger partial charge in [0.25, 0.3) is 0 Å². The third-order valence-electron chi connectivity index (χ3n) is 11.2. The lowest BCUT2D eigenvalue weighted by molar-refractivity contribution is -0.145. The van der Waals surface area contributed by atoms with Gasteiger partial charge in [0, 0.05) is 110 Å². The zero-order valence-corrected chi connectivity index (χ0v) is 33.7. The molecule has 0 bridgehead atoms. The van der Waals surface area contributed by atoms with Crippen molar-refractivity contribution in [3.63, 3.8) is 0 Å². The van der Waals surface area contributed by atoms with Crippen LogP contribution in [0.15, 0.2) is 109 Å². The van der Waals surface area contributed by atoms with E-state index in [1.165, 1.54) is 24.3 Å². The zero-order valence-electron chi connectivity index (χ0n) is 33.7. The molecule has 13 heteroatoms. The van der Waals surface area contributed by atoms with Crippen LogP contribution in [-0.2, 0) is 40.1 Å². The van der Waals surface area contributed by atoms with Crippen molar-refractivity contribution < 1.29 is 32.7 Å². The molecule has 0 aliphatic carbocycles. The summed E-state index contributed by atoms with van der Waals surface area (Å²) in [6, 6.07) is 29.5. The van der Waals surface area contributed by atoms with E-state index in [4.69, 9.17) is 0 Å². The summed E-state index contributed by atoms with van der Waals surface area (Å²) in [5.41, 5.74) is 4.52. The Balaban J connectivity index is 1.22. The number of anilines is 2. The maximum absolute atomic E-state index is 14.7. The van der Waals surface area contributed by atoms with Gasteiger partial charge in [-0.1, -0.05) is 66.7 Å². The highest BCUT2D eigenvalue weighted by molar-refractivity contribution is 5.96. The molecule has 2 heterocycles. The molecule has 3 amide bonds. The van der Waals surface area contributed by atoms with Gasteiger partial charge in [-0.05, 0) is 64.7 Å². The maximum atomic E-state index is 14.7. The summed E-state index contributed by atoms with van der Waals surface area (Å²) in [7, 11) is 1.94. The number of hydrogen-bond acceptors (Lipinski definition) is 7. The molecule has 4 aromatic carbocycles. The van der Waals surface area contributed by atoms with E-state index in [9.17, 15) is 32.7 Å². The Hall–Kier alpha value is -5.66. The first-order valence-electron chi connectivity index (χ1n) is 20.1. The van der Waals surface area contributed by atoms with Crippen molar-refractivity contribution >= 4 is 35.2 Å². The third-order valence-corrected chi connectivity index (χ3v) is 11.2. The summed E-state index contributed by atoms with van der Waals surface area (Å²) in [5.74, 6) is -0.541. The summed E-state index contributed by atoms with van der Waals surface area (Å²) in [6.45, 7) is 8.01. The first-order chi connectivity index (χ1) is 28.4. The molecule has 2 saturated heterocycles. The highest BCUT2D eigenvalue weighted by Gasteiger charge is 2.34. The molecule has 4 aromatic rings. The Morgan fingerprint density at radius 1 is 0.746 bits per heavy atom. The second-order valence-electron chi connectivity index (χ2n) is 15.2. The summed E-state index contributed by atoms with van der Waals surface area (Å²) in [5, 5.41) is 9.29. The fraction of sp³-hybridized carbons (Fsp3) is 0.370. The molecule has 0 radical (unpaired) electrons. The molecular weight excluding hydrogens is 758 g/mol. The monoisotopic (exact) mass is 810 g/mol. The van der Waals surface area contributed by atoms with Gasteiger partial charge in [-0.2, -0.15) is 13.2 Å². The molecule has 2 fully saturated rings. The number of benzene rings is 4. The molecule has 10 nitrogen and oxygen atoms in total. The lowest BCUT2D eigenvalue weighted by atomic mass is 10.0. The van der Waals surface area contributed by atoms with Gasteiger partial charge >= 0.3 is 6.18 Å². The molecule has 6 rings (SSSR count). The van der Waals surface area contributed by atoms with Gasteiger partial charge in [-0.3, -0.25) is 19.3 Å². The van der Waals surface area contributed by atoms with Gasteiger partial charge in [0.15, 0.2) is 0 Å². The third kappa shape index (κ3) is 11.7. The number of rotatable bonds is 14. The summed E-state index contributed by atoms with van der Waals surface area (Å²) in [6.07, 6.45) is -1.39. The second-order valence-corrected chi connectivity index (χ2v) is 15.2. The van der Waals surface area contributed by atoms with Crippen LogP contribution in [0.4, 0.5) is 24.5 Å². The normalized spacial score (nSPS) is 15.7. The molecule has 2 aliphatic rings. The number of carbonyl (C=O) groups is 3. The van der Waals surface area contributed by atoms with Crippen LogP contribution in [0, 0.1) is 0 Å². The van der Waals surface area contributed by atoms with Crippen LogP contribution in [0.3, 0.4) is 0 Å². The summed E-state index contributed by atoms with van der Waals surface area (Å²) < 4.78 is 39.8. The predicted octanol–water partition coefficient (Wildman–Crippen LogP) is 5.80. The van der Waals surface area contributed by atoms with Crippen molar-refractivity contribution in [2.24, 2.45) is 0 Å². The molecule has 312 valence electrons. The first kappa shape index (κ1) is 42.9. The number of amides is 3. The van der Waals surface area contributed by atoms with Crippen LogP contribution >= 0.6 is 0 Å². The van der Waals surface area contributed by atoms with Crippen LogP contribution in [0.2, 0.25) is 0 Å². The standard InChI is InChI=1S/C46H53F3N6O4/c1-35(57)52-26-28-53(29-27-52)42-19-12-39(13-20-42)34-55(44(58)21-14-36-8-15-40(16-9-36)46(47,48)49)43(32-37-6-4-3-5-7-37)45(59)54-24-22-51(23-25-54)33-38-10-17-41(18-11-38)50(2)30-31-56/h3-21,43,56H,22-34H2,1-2H3. The van der Waals surface area contributed by atoms with Crippen LogP contribution in [0.25, 0.3) is 6.08 Å². The molecule has 2 aliphatic heterocycles. The number of carbonyl (C=O) groups excluding carboxylic acids is 3. The smallest absolute Gasteiger partial charge is 0.395 e. The minimum atomic E-state index is -4.48. The van der Waals surface area contributed by atoms with Gasteiger partial charge in [-0.25, -0.2) is 0 Å². The van der Waals surface area contributed by atoms with E-state index in [0.717, 1.165) is 46.7 Å². The summed E-state index contributed by atoms with van der Waals surface area (Å²) >= 11 is 0. The highest BCUT2D eigenvalue weighted by Crippen LogP contribution is 2.29. The van der Waals surface area contributed by atoms with E-state index in [1.54, 1.807) is 11.8 Å². The molecule has 1 unspecified atom stereocenters. The number of nitrogens with zero attached hydrogens (tertiary/aromatic N) is 6. The largest absolute Gasteiger partial charge is 0.416 e. The minimum absolute atomic E-state index is 0.0592. The molecule has 0 aromatic heterocycles. The average molecular weight is 811 g/mol. The lowest BCUT2D eigenvalue weighted by Crippen LogP contribution is -2.56. The highest BCUT2D eigenvalue weighted by atomic mass is 19.4. The van der Waals surface area contributed by atoms with Crippen molar-refractivity contribution in [1.82, 2.24) is 19.6 Å². The Bertz CT molecular complexity index is 2010. The van der Waals surface area contributed by atoms with Crippen LogP contribution in [-0.4, -0.2) is 121 Å². The van der Waals surface area contributed by atoms with Crippen LogP contribution < -0.4 is 9.80 Å². The molecule has 1 N–H and O–H groups in total. The fourth-order valence-electron chi connectivity index (χ4n) is 7.58. The van der Waals surface area contributed by atoms with Gasteiger partial charge in [0.2, 0.25) is 17.7 Å². The van der Waals surface area contributed by atoms with E-state index < -0.39 is 23.7 Å². The van der Waals surface area contributed by atoms with Crippen molar-refractivity contribution in [2.45, 2.75) is 38.7 Å².